The van der Waals surface area contributed by atoms with Gasteiger partial charge in [-0.25, -0.2) is 9.48 Å². The summed E-state index contributed by atoms with van der Waals surface area (Å²) in [7, 11) is -1.58. The molecule has 50 heavy (non-hydrogen) atoms. The van der Waals surface area contributed by atoms with Crippen molar-refractivity contribution in [3.63, 3.8) is 0 Å². The third-order valence-corrected chi connectivity index (χ3v) is 13.4. The predicted octanol–water partition coefficient (Wildman–Crippen LogP) is 6.68. The zero-order valence-electron chi connectivity index (χ0n) is 29.0. The third-order valence-electron chi connectivity index (χ3n) is 10.2. The lowest BCUT2D eigenvalue weighted by Gasteiger charge is -2.44. The SMILES string of the molecule is CCCOC(=O)[C@H](C)NP(=O)(Cc1ccc2sc(C(=O)NC3CC[C@H](N(C)C4CC(F)C4)C[C@H]4CCCN4C3=O)cc2c1)Oc1ccccc1. The van der Waals surface area contributed by atoms with Crippen LogP contribution >= 0.6 is 18.9 Å². The zero-order valence-corrected chi connectivity index (χ0v) is 30.7. The molecule has 10 nitrogen and oxygen atoms in total. The summed E-state index contributed by atoms with van der Waals surface area (Å²) in [5, 5.41) is 6.77. The van der Waals surface area contributed by atoms with Gasteiger partial charge >= 0.3 is 13.5 Å². The zero-order chi connectivity index (χ0) is 35.4. The van der Waals surface area contributed by atoms with Crippen LogP contribution in [0.5, 0.6) is 5.75 Å². The summed E-state index contributed by atoms with van der Waals surface area (Å²) in [6.45, 7) is 4.47. The van der Waals surface area contributed by atoms with Crippen LogP contribution in [0.1, 0.15) is 80.4 Å². The maximum atomic E-state index is 14.3. The predicted molar refractivity (Wildman–Crippen MR) is 193 cm³/mol. The highest BCUT2D eigenvalue weighted by molar-refractivity contribution is 7.56. The Morgan fingerprint density at radius 1 is 1.08 bits per heavy atom. The first kappa shape index (κ1) is 36.5. The van der Waals surface area contributed by atoms with Gasteiger partial charge in [-0.05, 0) is 107 Å². The highest BCUT2D eigenvalue weighted by Gasteiger charge is 2.41. The molecule has 0 radical (unpaired) electrons. The Bertz CT molecular complexity index is 1720. The number of ether oxygens (including phenoxy) is 1. The topological polar surface area (TPSA) is 117 Å². The number of fused-ring (bicyclic) bond motifs is 2. The van der Waals surface area contributed by atoms with Gasteiger partial charge in [0.2, 0.25) is 5.91 Å². The minimum Gasteiger partial charge on any atom is -0.465 e. The summed E-state index contributed by atoms with van der Waals surface area (Å²) < 4.78 is 40.1. The van der Waals surface area contributed by atoms with Crippen LogP contribution in [0.15, 0.2) is 54.6 Å². The number of rotatable bonds is 13. The van der Waals surface area contributed by atoms with E-state index in [9.17, 15) is 23.3 Å². The second-order valence-electron chi connectivity index (χ2n) is 13.9. The summed E-state index contributed by atoms with van der Waals surface area (Å²) in [6.07, 6.45) is 5.14. The third kappa shape index (κ3) is 8.58. The largest absolute Gasteiger partial charge is 0.465 e. The smallest absolute Gasteiger partial charge is 0.323 e. The van der Waals surface area contributed by atoms with Crippen LogP contribution in [0.4, 0.5) is 4.39 Å². The Kier molecular flexibility index (Phi) is 11.6. The van der Waals surface area contributed by atoms with Crippen molar-refractivity contribution in [3.8, 4) is 5.75 Å². The van der Waals surface area contributed by atoms with E-state index in [2.05, 4.69) is 22.4 Å². The molecule has 5 atom stereocenters. The van der Waals surface area contributed by atoms with Crippen molar-refractivity contribution in [2.45, 2.75) is 108 Å². The van der Waals surface area contributed by atoms with Gasteiger partial charge in [0.15, 0.2) is 0 Å². The summed E-state index contributed by atoms with van der Waals surface area (Å²) in [6, 6.07) is 15.3. The van der Waals surface area contributed by atoms with Crippen molar-refractivity contribution in [3.05, 3.63) is 65.0 Å². The molecule has 2 unspecified atom stereocenters. The minimum absolute atomic E-state index is 0.00333. The molecule has 2 aromatic carbocycles. The van der Waals surface area contributed by atoms with E-state index >= 15 is 0 Å². The van der Waals surface area contributed by atoms with Crippen molar-refractivity contribution in [1.82, 2.24) is 20.2 Å². The van der Waals surface area contributed by atoms with Gasteiger partial charge in [0.05, 0.1) is 17.6 Å². The Balaban J connectivity index is 1.16. The van der Waals surface area contributed by atoms with Crippen LogP contribution in [0.3, 0.4) is 0 Å². The molecule has 0 spiro atoms. The number of carbonyl (C=O) groups excluding carboxylic acids is 3. The molecular weight excluding hydrogens is 678 g/mol. The molecular formula is C37H48FN4O6PS. The number of halogens is 1. The molecule has 1 aliphatic carbocycles. The van der Waals surface area contributed by atoms with E-state index in [0.29, 0.717) is 48.4 Å². The number of nitrogens with zero attached hydrogens (tertiary/aromatic N) is 2. The Morgan fingerprint density at radius 2 is 1.86 bits per heavy atom. The first-order valence-electron chi connectivity index (χ1n) is 17.8. The van der Waals surface area contributed by atoms with Gasteiger partial charge in [-0.2, -0.15) is 0 Å². The van der Waals surface area contributed by atoms with E-state index in [4.69, 9.17) is 9.26 Å². The molecule has 2 aliphatic heterocycles. The van der Waals surface area contributed by atoms with E-state index < -0.39 is 31.7 Å². The van der Waals surface area contributed by atoms with Gasteiger partial charge in [-0.15, -0.1) is 11.3 Å². The second kappa shape index (κ2) is 15.9. The molecule has 0 bridgehead atoms. The molecule has 3 heterocycles. The number of hydrogen-bond acceptors (Lipinski definition) is 8. The number of benzene rings is 2. The highest BCUT2D eigenvalue weighted by atomic mass is 32.1. The molecule has 1 aromatic heterocycles. The van der Waals surface area contributed by atoms with E-state index in [-0.39, 0.29) is 42.7 Å². The maximum Gasteiger partial charge on any atom is 0.323 e. The van der Waals surface area contributed by atoms with E-state index in [1.807, 2.05) is 36.1 Å². The van der Waals surface area contributed by atoms with Gasteiger partial charge in [0.25, 0.3) is 5.91 Å². The molecule has 270 valence electrons. The number of esters is 1. The average molecular weight is 727 g/mol. The summed E-state index contributed by atoms with van der Waals surface area (Å²) in [5.41, 5.74) is 0.708. The first-order chi connectivity index (χ1) is 24.0. The summed E-state index contributed by atoms with van der Waals surface area (Å²) in [5.74, 6) is -0.420. The summed E-state index contributed by atoms with van der Waals surface area (Å²) >= 11 is 1.34. The van der Waals surface area contributed by atoms with E-state index in [1.165, 1.54) is 11.3 Å². The minimum atomic E-state index is -3.65. The second-order valence-corrected chi connectivity index (χ2v) is 17.1. The van der Waals surface area contributed by atoms with Gasteiger partial charge in [0, 0.05) is 29.4 Å². The molecule has 2 saturated heterocycles. The number of para-hydroxylation sites is 1. The monoisotopic (exact) mass is 726 g/mol. The van der Waals surface area contributed by atoms with Gasteiger partial charge in [0.1, 0.15) is 24.0 Å². The van der Waals surface area contributed by atoms with Gasteiger partial charge < -0.3 is 24.4 Å². The number of thiophene rings is 1. The number of nitrogens with one attached hydrogen (secondary N) is 2. The van der Waals surface area contributed by atoms with E-state index in [1.54, 1.807) is 37.3 Å². The summed E-state index contributed by atoms with van der Waals surface area (Å²) in [4.78, 5) is 44.7. The maximum absolute atomic E-state index is 14.3. The number of amides is 2. The lowest BCUT2D eigenvalue weighted by molar-refractivity contribution is -0.145. The van der Waals surface area contributed by atoms with Crippen molar-refractivity contribution < 1.29 is 32.6 Å². The van der Waals surface area contributed by atoms with E-state index in [0.717, 1.165) is 35.8 Å². The Hall–Kier alpha value is -3.31. The quantitative estimate of drug-likeness (QED) is 0.148. The van der Waals surface area contributed by atoms with Gasteiger partial charge in [-0.1, -0.05) is 31.2 Å². The molecule has 6 rings (SSSR count). The first-order valence-corrected chi connectivity index (χ1v) is 20.4. The molecule has 3 fully saturated rings. The normalized spacial score (nSPS) is 25.6. The number of hydrogen-bond donors (Lipinski definition) is 2. The Labute approximate surface area is 297 Å². The Morgan fingerprint density at radius 3 is 2.60 bits per heavy atom. The molecule has 2 N–H and O–H groups in total. The fourth-order valence-electron chi connectivity index (χ4n) is 7.35. The average Bonchev–Trinajstić information content (AvgIpc) is 3.72. The van der Waals surface area contributed by atoms with Crippen LogP contribution in [0.25, 0.3) is 10.1 Å². The number of carbonyl (C=O) groups is 3. The van der Waals surface area contributed by atoms with Crippen molar-refractivity contribution in [2.75, 3.05) is 20.2 Å². The fraction of sp³-hybridized carbons (Fsp3) is 0.541. The van der Waals surface area contributed by atoms with Crippen LogP contribution in [0.2, 0.25) is 0 Å². The number of alkyl halides is 1. The van der Waals surface area contributed by atoms with Crippen molar-refractivity contribution in [2.24, 2.45) is 0 Å². The standard InChI is InChI=1S/C37H48FN4O6PS/c1-4-17-47-37(45)24(2)40-49(46,48-31-10-6-5-7-11-31)23-25-12-15-33-26(18-25)19-34(50-33)35(43)39-32-14-13-28(41(3)30-20-27(38)21-30)22-29-9-8-16-42(29)36(32)44/h5-7,10-12,15,18-19,24,27-30,32H,4,8-9,13-14,16-17,20-23H2,1-3H3,(H,39,43)(H,40,46)/t24-,27?,28-,29+,30?,32?,49?/m0/s1. The molecule has 1 saturated carbocycles. The van der Waals surface area contributed by atoms with Gasteiger partial charge in [-0.3, -0.25) is 18.9 Å². The van der Waals surface area contributed by atoms with Crippen LogP contribution in [-0.4, -0.2) is 84.2 Å². The van der Waals surface area contributed by atoms with Crippen molar-refractivity contribution >= 4 is 46.7 Å². The highest BCUT2D eigenvalue weighted by Crippen LogP contribution is 2.47. The molecule has 13 heteroatoms. The fourth-order valence-corrected chi connectivity index (χ4v) is 10.3. The van der Waals surface area contributed by atoms with Crippen LogP contribution < -0.4 is 14.9 Å². The van der Waals surface area contributed by atoms with Crippen LogP contribution in [-0.2, 0) is 25.1 Å². The van der Waals surface area contributed by atoms with Crippen molar-refractivity contribution in [1.29, 1.82) is 0 Å². The lowest BCUT2D eigenvalue weighted by Crippen LogP contribution is -2.55. The van der Waals surface area contributed by atoms with Crippen LogP contribution in [0, 0.1) is 0 Å². The lowest BCUT2D eigenvalue weighted by atomic mass is 9.86. The molecule has 3 aliphatic rings. The molecule has 3 aromatic rings. The molecule has 2 amide bonds.